The number of rotatable bonds is 7. The molecule has 0 spiro atoms. The summed E-state index contributed by atoms with van der Waals surface area (Å²) < 4.78 is 5.92. The third-order valence-electron chi connectivity index (χ3n) is 3.47. The highest BCUT2D eigenvalue weighted by Gasteiger charge is 2.07. The molecule has 0 amide bonds. The first-order valence-electron chi connectivity index (χ1n) is 7.63. The number of benzene rings is 2. The highest BCUT2D eigenvalue weighted by molar-refractivity contribution is 7.09. The van der Waals surface area contributed by atoms with Gasteiger partial charge >= 0.3 is 0 Å². The van der Waals surface area contributed by atoms with Crippen LogP contribution in [-0.4, -0.2) is 17.6 Å². The van der Waals surface area contributed by atoms with E-state index in [0.29, 0.717) is 18.7 Å². The summed E-state index contributed by atoms with van der Waals surface area (Å²) in [5, 5.41) is 13.2. The van der Waals surface area contributed by atoms with Crippen molar-refractivity contribution in [3.63, 3.8) is 0 Å². The summed E-state index contributed by atoms with van der Waals surface area (Å²) in [6.07, 6.45) is 0.495. The van der Waals surface area contributed by atoms with Crippen LogP contribution in [0.25, 0.3) is 11.1 Å². The average molecular weight is 338 g/mol. The number of para-hydroxylation sites is 1. The molecule has 122 valence electrons. The summed E-state index contributed by atoms with van der Waals surface area (Å²) in [7, 11) is 0. The highest BCUT2D eigenvalue weighted by Crippen LogP contribution is 2.29. The van der Waals surface area contributed by atoms with Crippen LogP contribution in [0.15, 0.2) is 60.0 Å². The summed E-state index contributed by atoms with van der Waals surface area (Å²) >= 11 is 1.45. The van der Waals surface area contributed by atoms with E-state index in [1.54, 1.807) is 5.38 Å². The van der Waals surface area contributed by atoms with Crippen molar-refractivity contribution < 1.29 is 14.6 Å². The average Bonchev–Trinajstić information content (AvgIpc) is 3.03. The molecule has 2 aromatic carbocycles. The zero-order valence-corrected chi connectivity index (χ0v) is 13.8. The van der Waals surface area contributed by atoms with Crippen LogP contribution in [0.3, 0.4) is 0 Å². The first-order chi connectivity index (χ1) is 11.7. The smallest absolute Gasteiger partial charge is 0.127 e. The summed E-state index contributed by atoms with van der Waals surface area (Å²) in [6, 6.07) is 18.0. The van der Waals surface area contributed by atoms with Crippen LogP contribution in [0.4, 0.5) is 0 Å². The molecule has 5 heteroatoms. The van der Waals surface area contributed by atoms with Crippen molar-refractivity contribution in [2.75, 3.05) is 6.61 Å². The van der Waals surface area contributed by atoms with Crippen LogP contribution in [-0.2, 0) is 17.6 Å². The van der Waals surface area contributed by atoms with Gasteiger partial charge in [0.2, 0.25) is 0 Å². The van der Waals surface area contributed by atoms with Crippen molar-refractivity contribution in [3.05, 3.63) is 70.7 Å². The van der Waals surface area contributed by atoms with E-state index in [0.717, 1.165) is 21.9 Å². The van der Waals surface area contributed by atoms with Crippen LogP contribution in [0.1, 0.15) is 10.7 Å². The van der Waals surface area contributed by atoms with Gasteiger partial charge in [0.05, 0.1) is 17.3 Å². The van der Waals surface area contributed by atoms with Gasteiger partial charge < -0.3 is 14.6 Å². The fourth-order valence-corrected chi connectivity index (χ4v) is 3.17. The Morgan fingerprint density at radius 2 is 1.83 bits per heavy atom. The predicted molar refractivity (Wildman–Crippen MR) is 91.9 cm³/mol. The van der Waals surface area contributed by atoms with Crippen molar-refractivity contribution in [2.24, 2.45) is 0 Å². The molecule has 0 N–H and O–H groups in total. The second-order valence-electron chi connectivity index (χ2n) is 5.24. The zero-order valence-electron chi connectivity index (χ0n) is 13.0. The van der Waals surface area contributed by atoms with Gasteiger partial charge in [0.15, 0.2) is 0 Å². The van der Waals surface area contributed by atoms with Crippen molar-refractivity contribution >= 4 is 17.3 Å². The van der Waals surface area contributed by atoms with Crippen molar-refractivity contribution in [2.45, 2.75) is 12.8 Å². The monoisotopic (exact) mass is 338 g/mol. The molecule has 1 aromatic heterocycles. The Morgan fingerprint density at radius 1 is 1.08 bits per heavy atom. The molecule has 24 heavy (non-hydrogen) atoms. The molecule has 3 rings (SSSR count). The molecule has 0 radical (unpaired) electrons. The number of thiazole rings is 1. The lowest BCUT2D eigenvalue weighted by Gasteiger charge is -2.11. The third kappa shape index (κ3) is 4.20. The SMILES string of the molecule is O=C([O-])Cc1csc(CCOc2ccccc2-c2ccccc2)n1. The molecule has 0 atom stereocenters. The molecule has 3 aromatic rings. The van der Waals surface area contributed by atoms with Crippen molar-refractivity contribution in [1.29, 1.82) is 0 Å². The minimum atomic E-state index is -1.11. The first-order valence-corrected chi connectivity index (χ1v) is 8.51. The topological polar surface area (TPSA) is 62.2 Å². The second kappa shape index (κ2) is 7.75. The van der Waals surface area contributed by atoms with Gasteiger partial charge in [0, 0.05) is 29.8 Å². The Balaban J connectivity index is 1.63. The lowest BCUT2D eigenvalue weighted by molar-refractivity contribution is -0.304. The van der Waals surface area contributed by atoms with Crippen LogP contribution in [0, 0.1) is 0 Å². The fraction of sp³-hybridized carbons (Fsp3) is 0.158. The number of carbonyl (C=O) groups excluding carboxylic acids is 1. The second-order valence-corrected chi connectivity index (χ2v) is 6.18. The van der Waals surface area contributed by atoms with Gasteiger partial charge in [-0.3, -0.25) is 0 Å². The number of aromatic nitrogens is 1. The minimum Gasteiger partial charge on any atom is -0.550 e. The maximum Gasteiger partial charge on any atom is 0.127 e. The van der Waals surface area contributed by atoms with Crippen molar-refractivity contribution in [3.8, 4) is 16.9 Å². The number of ether oxygens (including phenoxy) is 1. The highest BCUT2D eigenvalue weighted by atomic mass is 32.1. The molecule has 0 bridgehead atoms. The van der Waals surface area contributed by atoms with E-state index in [1.165, 1.54) is 11.3 Å². The number of nitrogens with zero attached hydrogens (tertiary/aromatic N) is 1. The quantitative estimate of drug-likeness (QED) is 0.664. The largest absolute Gasteiger partial charge is 0.550 e. The van der Waals surface area contributed by atoms with Gasteiger partial charge in [0.25, 0.3) is 0 Å². The summed E-state index contributed by atoms with van der Waals surface area (Å²) in [5.74, 6) is -0.282. The molecule has 0 aliphatic heterocycles. The zero-order chi connectivity index (χ0) is 16.8. The fourth-order valence-electron chi connectivity index (χ4n) is 2.39. The van der Waals surface area contributed by atoms with E-state index in [4.69, 9.17) is 4.74 Å². The number of carbonyl (C=O) groups is 1. The molecular formula is C19H16NO3S-. The molecule has 0 aliphatic rings. The van der Waals surface area contributed by atoms with E-state index < -0.39 is 5.97 Å². The number of aliphatic carboxylic acids is 1. The van der Waals surface area contributed by atoms with Gasteiger partial charge in [-0.15, -0.1) is 11.3 Å². The Morgan fingerprint density at radius 3 is 2.62 bits per heavy atom. The van der Waals surface area contributed by atoms with Crippen LogP contribution >= 0.6 is 11.3 Å². The molecular weight excluding hydrogens is 322 g/mol. The number of carboxylic acid groups (broad SMARTS) is 1. The van der Waals surface area contributed by atoms with Crippen molar-refractivity contribution in [1.82, 2.24) is 4.98 Å². The maximum absolute atomic E-state index is 10.6. The van der Waals surface area contributed by atoms with Crippen LogP contribution < -0.4 is 9.84 Å². The van der Waals surface area contributed by atoms with Gasteiger partial charge in [-0.1, -0.05) is 48.5 Å². The molecule has 0 fully saturated rings. The van der Waals surface area contributed by atoms with E-state index in [-0.39, 0.29) is 6.42 Å². The molecule has 0 saturated carbocycles. The maximum atomic E-state index is 10.6. The van der Waals surface area contributed by atoms with E-state index >= 15 is 0 Å². The third-order valence-corrected chi connectivity index (χ3v) is 4.43. The first kappa shape index (κ1) is 16.2. The normalized spacial score (nSPS) is 10.5. The molecule has 1 heterocycles. The molecule has 4 nitrogen and oxygen atoms in total. The Hall–Kier alpha value is -2.66. The molecule has 0 saturated heterocycles. The van der Waals surface area contributed by atoms with Crippen LogP contribution in [0.5, 0.6) is 5.75 Å². The van der Waals surface area contributed by atoms with Crippen LogP contribution in [0.2, 0.25) is 0 Å². The molecule has 0 unspecified atom stereocenters. The number of hydrogen-bond donors (Lipinski definition) is 0. The number of carboxylic acids is 1. The predicted octanol–water partition coefficient (Wildman–Crippen LogP) is 2.72. The minimum absolute atomic E-state index is 0.145. The van der Waals surface area contributed by atoms with Gasteiger partial charge in [-0.25, -0.2) is 4.98 Å². The standard InChI is InChI=1S/C19H17NO3S/c21-19(22)12-15-13-24-18(20-15)10-11-23-17-9-5-4-8-16(17)14-6-2-1-3-7-14/h1-9,13H,10-12H2,(H,21,22)/p-1. The van der Waals surface area contributed by atoms with Gasteiger partial charge in [-0.2, -0.15) is 0 Å². The Labute approximate surface area is 144 Å². The van der Waals surface area contributed by atoms with E-state index in [9.17, 15) is 9.90 Å². The van der Waals surface area contributed by atoms with Gasteiger partial charge in [0.1, 0.15) is 5.75 Å². The summed E-state index contributed by atoms with van der Waals surface area (Å²) in [4.78, 5) is 14.9. The lowest BCUT2D eigenvalue weighted by atomic mass is 10.1. The number of hydrogen-bond acceptors (Lipinski definition) is 5. The van der Waals surface area contributed by atoms with E-state index in [1.807, 2.05) is 42.5 Å². The summed E-state index contributed by atoms with van der Waals surface area (Å²) in [6.45, 7) is 0.488. The lowest BCUT2D eigenvalue weighted by Crippen LogP contribution is -2.24. The Kier molecular flexibility index (Phi) is 5.23. The van der Waals surface area contributed by atoms with Gasteiger partial charge in [-0.05, 0) is 11.6 Å². The molecule has 0 aliphatic carbocycles. The van der Waals surface area contributed by atoms with E-state index in [2.05, 4.69) is 17.1 Å². The Bertz CT molecular complexity index is 814. The summed E-state index contributed by atoms with van der Waals surface area (Å²) in [5.41, 5.74) is 2.70.